The minimum absolute atomic E-state index is 0.429. The summed E-state index contributed by atoms with van der Waals surface area (Å²) in [6, 6.07) is 0. The molecule has 0 heterocycles. The number of aliphatic carboxylic acids is 1. The molecule has 1 atom stereocenters. The van der Waals surface area contributed by atoms with Crippen molar-refractivity contribution in [2.75, 3.05) is 0 Å². The minimum atomic E-state index is -1.15. The van der Waals surface area contributed by atoms with E-state index in [1.165, 1.54) is 12.4 Å². The Bertz CT molecular complexity index is 212. The molecule has 58 valence electrons. The molecule has 0 aliphatic rings. The minimum Gasteiger partial charge on any atom is -0.481 e. The molecule has 0 amide bonds. The largest absolute Gasteiger partial charge is 0.481 e. The van der Waals surface area contributed by atoms with Crippen molar-refractivity contribution in [3.8, 4) is 12.4 Å². The van der Waals surface area contributed by atoms with Gasteiger partial charge in [-0.1, -0.05) is 0 Å². The van der Waals surface area contributed by atoms with Crippen LogP contribution in [0.3, 0.4) is 0 Å². The second-order valence-corrected chi connectivity index (χ2v) is 1.74. The normalized spacial score (nSPS) is 10.8. The van der Waals surface area contributed by atoms with Gasteiger partial charge in [0.2, 0.25) is 0 Å². The molecular weight excluding hydrogens is 148 g/mol. The van der Waals surface area contributed by atoms with Gasteiger partial charge in [-0.25, -0.2) is 0 Å². The SMILES string of the molecule is N#CN(C#N)C(N)CC(=O)O. The predicted octanol–water partition coefficient (Wildman–Crippen LogP) is -0.990. The average Bonchev–Trinajstić information content (AvgIpc) is 1.88. The topological polar surface area (TPSA) is 114 Å². The van der Waals surface area contributed by atoms with Crippen LogP contribution in [0.1, 0.15) is 6.42 Å². The molecule has 0 aromatic rings. The van der Waals surface area contributed by atoms with Crippen LogP contribution in [-0.2, 0) is 4.79 Å². The van der Waals surface area contributed by atoms with E-state index in [0.717, 1.165) is 0 Å². The molecule has 0 aliphatic heterocycles. The molecule has 6 heteroatoms. The van der Waals surface area contributed by atoms with E-state index in [9.17, 15) is 4.79 Å². The van der Waals surface area contributed by atoms with E-state index >= 15 is 0 Å². The summed E-state index contributed by atoms with van der Waals surface area (Å²) in [4.78, 5) is 10.5. The Hall–Kier alpha value is -1.79. The van der Waals surface area contributed by atoms with Crippen molar-refractivity contribution in [3.63, 3.8) is 0 Å². The molecule has 0 aromatic heterocycles. The lowest BCUT2D eigenvalue weighted by Gasteiger charge is -2.11. The van der Waals surface area contributed by atoms with Crippen molar-refractivity contribution in [1.29, 1.82) is 10.5 Å². The van der Waals surface area contributed by atoms with Crippen LogP contribution in [0.4, 0.5) is 0 Å². The van der Waals surface area contributed by atoms with E-state index in [0.29, 0.717) is 4.90 Å². The van der Waals surface area contributed by atoms with E-state index in [1.807, 2.05) is 0 Å². The Morgan fingerprint density at radius 2 is 2.09 bits per heavy atom. The summed E-state index contributed by atoms with van der Waals surface area (Å²) in [7, 11) is 0. The second kappa shape index (κ2) is 4.09. The fraction of sp³-hybridized carbons (Fsp3) is 0.400. The van der Waals surface area contributed by atoms with Gasteiger partial charge in [-0.2, -0.15) is 15.4 Å². The highest BCUT2D eigenvalue weighted by Gasteiger charge is 2.14. The highest BCUT2D eigenvalue weighted by Crippen LogP contribution is 1.93. The summed E-state index contributed by atoms with van der Waals surface area (Å²) in [5.74, 6) is -1.15. The van der Waals surface area contributed by atoms with Crippen LogP contribution in [0.5, 0.6) is 0 Å². The average molecular weight is 154 g/mol. The summed E-state index contributed by atoms with van der Waals surface area (Å²) in [6.45, 7) is 0. The number of nitrogens with zero attached hydrogens (tertiary/aromatic N) is 3. The molecular formula is C5H6N4O2. The molecule has 0 radical (unpaired) electrons. The third kappa shape index (κ3) is 3.04. The van der Waals surface area contributed by atoms with Crippen LogP contribution in [0.15, 0.2) is 0 Å². The summed E-state index contributed by atoms with van der Waals surface area (Å²) in [5, 5.41) is 24.6. The Morgan fingerprint density at radius 1 is 1.64 bits per heavy atom. The first-order valence-corrected chi connectivity index (χ1v) is 2.68. The summed E-state index contributed by atoms with van der Waals surface area (Å²) in [6.07, 6.45) is 1.38. The van der Waals surface area contributed by atoms with Crippen molar-refractivity contribution < 1.29 is 9.90 Å². The van der Waals surface area contributed by atoms with E-state index in [1.54, 1.807) is 0 Å². The summed E-state index contributed by atoms with van der Waals surface area (Å²) in [5.41, 5.74) is 5.14. The van der Waals surface area contributed by atoms with E-state index in [-0.39, 0.29) is 0 Å². The first-order chi connectivity index (χ1) is 5.11. The molecule has 0 aliphatic carbocycles. The van der Waals surface area contributed by atoms with Gasteiger partial charge >= 0.3 is 5.97 Å². The number of nitriles is 2. The Balaban J connectivity index is 4.04. The first-order valence-electron chi connectivity index (χ1n) is 2.68. The molecule has 0 saturated heterocycles. The third-order valence-electron chi connectivity index (χ3n) is 0.931. The van der Waals surface area contributed by atoms with Crippen LogP contribution in [0.2, 0.25) is 0 Å². The van der Waals surface area contributed by atoms with Crippen LogP contribution in [0, 0.1) is 22.9 Å². The van der Waals surface area contributed by atoms with Crippen molar-refractivity contribution >= 4 is 5.97 Å². The maximum atomic E-state index is 10.0. The van der Waals surface area contributed by atoms with Crippen LogP contribution >= 0.6 is 0 Å². The number of nitrogens with two attached hydrogens (primary N) is 1. The molecule has 0 fully saturated rings. The zero-order chi connectivity index (χ0) is 8.85. The zero-order valence-corrected chi connectivity index (χ0v) is 5.56. The molecule has 0 aromatic carbocycles. The van der Waals surface area contributed by atoms with Gasteiger partial charge in [-0.3, -0.25) is 4.79 Å². The van der Waals surface area contributed by atoms with Gasteiger partial charge in [0, 0.05) is 0 Å². The molecule has 0 rings (SSSR count). The lowest BCUT2D eigenvalue weighted by atomic mass is 10.3. The second-order valence-electron chi connectivity index (χ2n) is 1.74. The molecule has 6 nitrogen and oxygen atoms in total. The smallest absolute Gasteiger partial charge is 0.306 e. The van der Waals surface area contributed by atoms with Gasteiger partial charge in [0.15, 0.2) is 12.4 Å². The molecule has 11 heavy (non-hydrogen) atoms. The number of carbonyl (C=O) groups is 1. The number of rotatable bonds is 3. The standard InChI is InChI=1S/C5H6N4O2/c6-2-9(3-7)4(8)1-5(10)11/h4H,1,8H2,(H,10,11). The van der Waals surface area contributed by atoms with Crippen molar-refractivity contribution in [2.24, 2.45) is 5.73 Å². The van der Waals surface area contributed by atoms with Crippen molar-refractivity contribution in [1.82, 2.24) is 4.90 Å². The van der Waals surface area contributed by atoms with Gasteiger partial charge in [0.05, 0.1) is 6.42 Å². The highest BCUT2D eigenvalue weighted by atomic mass is 16.4. The van der Waals surface area contributed by atoms with Crippen LogP contribution in [0.25, 0.3) is 0 Å². The molecule has 1 unspecified atom stereocenters. The summed E-state index contributed by atoms with van der Waals surface area (Å²) >= 11 is 0. The molecule has 0 saturated carbocycles. The maximum Gasteiger partial charge on any atom is 0.306 e. The summed E-state index contributed by atoms with van der Waals surface area (Å²) < 4.78 is 0. The van der Waals surface area contributed by atoms with Crippen LogP contribution < -0.4 is 5.73 Å². The van der Waals surface area contributed by atoms with Gasteiger partial charge in [-0.05, 0) is 0 Å². The number of hydrogen-bond acceptors (Lipinski definition) is 5. The van der Waals surface area contributed by atoms with E-state index in [2.05, 4.69) is 0 Å². The predicted molar refractivity (Wildman–Crippen MR) is 33.3 cm³/mol. The Morgan fingerprint density at radius 3 is 2.36 bits per heavy atom. The Labute approximate surface area is 63.0 Å². The zero-order valence-electron chi connectivity index (χ0n) is 5.56. The highest BCUT2D eigenvalue weighted by molar-refractivity contribution is 5.67. The number of hydrogen-bond donors (Lipinski definition) is 2. The Kier molecular flexibility index (Phi) is 3.43. The van der Waals surface area contributed by atoms with Gasteiger partial charge in [0.25, 0.3) is 0 Å². The van der Waals surface area contributed by atoms with Crippen molar-refractivity contribution in [3.05, 3.63) is 0 Å². The fourth-order valence-electron chi connectivity index (χ4n) is 0.441. The monoisotopic (exact) mass is 154 g/mol. The van der Waals surface area contributed by atoms with Crippen LogP contribution in [-0.4, -0.2) is 22.1 Å². The number of carboxylic acid groups (broad SMARTS) is 1. The molecule has 3 N–H and O–H groups in total. The lowest BCUT2D eigenvalue weighted by molar-refractivity contribution is -0.137. The van der Waals surface area contributed by atoms with E-state index < -0.39 is 18.6 Å². The molecule has 0 bridgehead atoms. The molecule has 0 spiro atoms. The van der Waals surface area contributed by atoms with Gasteiger partial charge in [-0.15, -0.1) is 0 Å². The third-order valence-corrected chi connectivity index (χ3v) is 0.931. The quantitative estimate of drug-likeness (QED) is 0.306. The fourth-order valence-corrected chi connectivity index (χ4v) is 0.441. The lowest BCUT2D eigenvalue weighted by Crippen LogP contribution is -2.37. The maximum absolute atomic E-state index is 10.0. The van der Waals surface area contributed by atoms with Crippen molar-refractivity contribution in [2.45, 2.75) is 12.6 Å². The first kappa shape index (κ1) is 9.21. The van der Waals surface area contributed by atoms with E-state index in [4.69, 9.17) is 21.4 Å². The number of carboxylic acids is 1. The van der Waals surface area contributed by atoms with Gasteiger partial charge in [0.1, 0.15) is 6.17 Å². The van der Waals surface area contributed by atoms with Gasteiger partial charge < -0.3 is 10.8 Å².